The number of hydrogen-bond donors (Lipinski definition) is 1. The van der Waals surface area contributed by atoms with Gasteiger partial charge in [-0.3, -0.25) is 4.79 Å². The average molecular weight is 533 g/mol. The molecule has 5 aliphatic rings. The first-order valence-electron chi connectivity index (χ1n) is 13.0. The molecule has 202 valence electrons. The number of carbonyl (C=O) groups is 1. The van der Waals surface area contributed by atoms with Crippen LogP contribution in [-0.2, 0) is 16.6 Å². The van der Waals surface area contributed by atoms with Crippen LogP contribution in [0.15, 0.2) is 6.20 Å². The van der Waals surface area contributed by atoms with Crippen LogP contribution in [0.1, 0.15) is 61.7 Å². The SMILES string of the molecule is CS(=O)(=O)N1CCC(CCn2ncc(C(=O)NC3C4CC5CC(C4)CC3C5)c2OCC(F)(F)F)CC1. The number of ether oxygens (including phenoxy) is 1. The smallest absolute Gasteiger partial charge is 0.422 e. The minimum atomic E-state index is -4.54. The predicted octanol–water partition coefficient (Wildman–Crippen LogP) is 3.44. The molecule has 4 aliphatic carbocycles. The third-order valence-electron chi connectivity index (χ3n) is 8.72. The molecule has 0 spiro atoms. The van der Waals surface area contributed by atoms with Crippen molar-refractivity contribution in [3.05, 3.63) is 11.8 Å². The molecule has 1 saturated heterocycles. The highest BCUT2D eigenvalue weighted by Gasteiger charge is 2.49. The summed E-state index contributed by atoms with van der Waals surface area (Å²) in [6, 6.07) is 0.0594. The first-order chi connectivity index (χ1) is 17.0. The highest BCUT2D eigenvalue weighted by molar-refractivity contribution is 7.88. The van der Waals surface area contributed by atoms with Crippen LogP contribution in [0.25, 0.3) is 0 Å². The molecule has 1 N–H and O–H groups in total. The van der Waals surface area contributed by atoms with Gasteiger partial charge in [0.1, 0.15) is 5.56 Å². The van der Waals surface area contributed by atoms with Crippen molar-refractivity contribution in [3.8, 4) is 5.88 Å². The van der Waals surface area contributed by atoms with E-state index >= 15 is 0 Å². The van der Waals surface area contributed by atoms with Crippen molar-refractivity contribution in [3.63, 3.8) is 0 Å². The number of rotatable bonds is 8. The quantitative estimate of drug-likeness (QED) is 0.554. The zero-order valence-corrected chi connectivity index (χ0v) is 21.4. The van der Waals surface area contributed by atoms with Gasteiger partial charge in [0.05, 0.1) is 12.5 Å². The van der Waals surface area contributed by atoms with Crippen molar-refractivity contribution in [2.75, 3.05) is 26.0 Å². The van der Waals surface area contributed by atoms with Gasteiger partial charge >= 0.3 is 6.18 Å². The molecule has 0 atom stereocenters. The predicted molar refractivity (Wildman–Crippen MR) is 126 cm³/mol. The molecule has 0 radical (unpaired) electrons. The maximum atomic E-state index is 13.2. The number of hydrogen-bond acceptors (Lipinski definition) is 5. The van der Waals surface area contributed by atoms with Crippen LogP contribution in [0.2, 0.25) is 0 Å². The molecular weight excluding hydrogens is 497 g/mol. The van der Waals surface area contributed by atoms with E-state index in [9.17, 15) is 26.4 Å². The Morgan fingerprint density at radius 2 is 1.72 bits per heavy atom. The summed E-state index contributed by atoms with van der Waals surface area (Å²) in [5.41, 5.74) is 0.0416. The molecule has 4 bridgehead atoms. The van der Waals surface area contributed by atoms with E-state index in [4.69, 9.17) is 4.74 Å². The number of carbonyl (C=O) groups excluding carboxylic acids is 1. The van der Waals surface area contributed by atoms with E-state index in [-0.39, 0.29) is 23.4 Å². The second kappa shape index (κ2) is 9.81. The zero-order chi connectivity index (χ0) is 25.7. The van der Waals surface area contributed by atoms with Crippen LogP contribution in [0.3, 0.4) is 0 Å². The van der Waals surface area contributed by atoms with Gasteiger partial charge in [0, 0.05) is 25.7 Å². The lowest BCUT2D eigenvalue weighted by molar-refractivity contribution is -0.154. The maximum Gasteiger partial charge on any atom is 0.422 e. The molecule has 2 heterocycles. The van der Waals surface area contributed by atoms with Crippen molar-refractivity contribution in [1.29, 1.82) is 0 Å². The van der Waals surface area contributed by atoms with Crippen molar-refractivity contribution in [2.45, 2.75) is 70.1 Å². The van der Waals surface area contributed by atoms with E-state index in [1.807, 2.05) is 0 Å². The molecule has 4 saturated carbocycles. The highest BCUT2D eigenvalue weighted by atomic mass is 32.2. The van der Waals surface area contributed by atoms with E-state index in [1.54, 1.807) is 0 Å². The first kappa shape index (κ1) is 25.8. The fourth-order valence-electron chi connectivity index (χ4n) is 7.22. The van der Waals surface area contributed by atoms with Gasteiger partial charge in [-0.1, -0.05) is 0 Å². The van der Waals surface area contributed by atoms with Crippen LogP contribution in [0, 0.1) is 29.6 Å². The van der Waals surface area contributed by atoms with Crippen molar-refractivity contribution in [1.82, 2.24) is 19.4 Å². The van der Waals surface area contributed by atoms with Gasteiger partial charge in [-0.2, -0.15) is 18.3 Å². The molecule has 8 nitrogen and oxygen atoms in total. The van der Waals surface area contributed by atoms with Crippen LogP contribution >= 0.6 is 0 Å². The summed E-state index contributed by atoms with van der Waals surface area (Å²) >= 11 is 0. The van der Waals surface area contributed by atoms with Crippen LogP contribution in [0.4, 0.5) is 13.2 Å². The Kier molecular flexibility index (Phi) is 7.03. The Morgan fingerprint density at radius 1 is 1.11 bits per heavy atom. The van der Waals surface area contributed by atoms with E-state index in [0.29, 0.717) is 50.7 Å². The molecule has 0 aromatic carbocycles. The standard InChI is InChI=1S/C24H35F3N4O4S/c1-36(33,34)30-5-2-15(3-6-30)4-7-31-23(35-14-24(25,26)27)20(13-28-31)22(32)29-21-18-9-16-8-17(11-18)12-19(21)10-16/h13,15-19,21H,2-12,14H2,1H3,(H,29,32). The number of aryl methyl sites for hydroxylation is 1. The minimum Gasteiger partial charge on any atom is -0.468 e. The normalized spacial score (nSPS) is 31.1. The number of sulfonamides is 1. The van der Waals surface area contributed by atoms with E-state index in [0.717, 1.165) is 37.5 Å². The van der Waals surface area contributed by atoms with Crippen molar-refractivity contribution < 1.29 is 31.1 Å². The number of alkyl halides is 3. The Bertz CT molecular complexity index is 1040. The fourth-order valence-corrected chi connectivity index (χ4v) is 8.09. The number of piperidine rings is 1. The lowest BCUT2D eigenvalue weighted by Crippen LogP contribution is -2.55. The summed E-state index contributed by atoms with van der Waals surface area (Å²) in [4.78, 5) is 13.2. The summed E-state index contributed by atoms with van der Waals surface area (Å²) in [6.07, 6.45) is 5.68. The van der Waals surface area contributed by atoms with Crippen molar-refractivity contribution in [2.24, 2.45) is 29.6 Å². The maximum absolute atomic E-state index is 13.2. The Morgan fingerprint density at radius 3 is 2.28 bits per heavy atom. The van der Waals surface area contributed by atoms with Gasteiger partial charge < -0.3 is 10.1 Å². The summed E-state index contributed by atoms with van der Waals surface area (Å²) in [5, 5.41) is 7.36. The van der Waals surface area contributed by atoms with E-state index in [1.165, 1.54) is 27.9 Å². The molecule has 1 aromatic heterocycles. The number of nitrogens with zero attached hydrogens (tertiary/aromatic N) is 3. The number of amides is 1. The summed E-state index contributed by atoms with van der Waals surface area (Å²) < 4.78 is 70.3. The zero-order valence-electron chi connectivity index (χ0n) is 20.5. The molecular formula is C24H35F3N4O4S. The van der Waals surface area contributed by atoms with Gasteiger partial charge in [0.25, 0.3) is 5.91 Å². The Balaban J connectivity index is 1.25. The number of aromatic nitrogens is 2. The number of nitrogens with one attached hydrogen (secondary N) is 1. The summed E-state index contributed by atoms with van der Waals surface area (Å²) in [6.45, 7) is -0.343. The van der Waals surface area contributed by atoms with Gasteiger partial charge in [-0.25, -0.2) is 17.4 Å². The fraction of sp³-hybridized carbons (Fsp3) is 0.833. The first-order valence-corrected chi connectivity index (χ1v) is 14.8. The molecule has 36 heavy (non-hydrogen) atoms. The molecule has 1 aliphatic heterocycles. The molecule has 6 rings (SSSR count). The molecule has 12 heteroatoms. The molecule has 5 fully saturated rings. The van der Waals surface area contributed by atoms with Crippen LogP contribution in [0.5, 0.6) is 5.88 Å². The second-order valence-electron chi connectivity index (χ2n) is 11.3. The summed E-state index contributed by atoms with van der Waals surface area (Å²) in [7, 11) is -3.22. The molecule has 1 amide bonds. The Hall–Kier alpha value is -1.82. The highest BCUT2D eigenvalue weighted by Crippen LogP contribution is 2.53. The van der Waals surface area contributed by atoms with Gasteiger partial charge in [-0.05, 0) is 81.0 Å². The van der Waals surface area contributed by atoms with Crippen LogP contribution in [-0.4, -0.2) is 66.6 Å². The third kappa shape index (κ3) is 5.69. The van der Waals surface area contributed by atoms with E-state index < -0.39 is 28.7 Å². The van der Waals surface area contributed by atoms with Crippen molar-refractivity contribution >= 4 is 15.9 Å². The lowest BCUT2D eigenvalue weighted by Gasteiger charge is -2.54. The van der Waals surface area contributed by atoms with Gasteiger partial charge in [-0.15, -0.1) is 0 Å². The van der Waals surface area contributed by atoms with E-state index in [2.05, 4.69) is 10.4 Å². The average Bonchev–Trinajstić information content (AvgIpc) is 3.20. The largest absolute Gasteiger partial charge is 0.468 e. The Labute approximate surface area is 210 Å². The molecule has 0 unspecified atom stereocenters. The second-order valence-corrected chi connectivity index (χ2v) is 13.3. The molecule has 1 aromatic rings. The van der Waals surface area contributed by atoms with Crippen LogP contribution < -0.4 is 10.1 Å². The minimum absolute atomic E-state index is 0.0416. The van der Waals surface area contributed by atoms with Gasteiger partial charge in [0.2, 0.25) is 15.9 Å². The topological polar surface area (TPSA) is 93.5 Å². The third-order valence-corrected chi connectivity index (χ3v) is 10.0. The lowest BCUT2D eigenvalue weighted by atomic mass is 9.54. The number of halogens is 3. The monoisotopic (exact) mass is 532 g/mol. The summed E-state index contributed by atoms with van der Waals surface area (Å²) in [5.74, 6) is 2.03. The van der Waals surface area contributed by atoms with Gasteiger partial charge in [0.15, 0.2) is 6.61 Å².